The van der Waals surface area contributed by atoms with Gasteiger partial charge in [0.15, 0.2) is 5.82 Å². The molecule has 2 heterocycles. The standard InChI is InChI=1S/C20H25FN4O/c1-3-14(2)23-20(26)16-5-4-12-25(13-16)18-10-11-22-19(24-18)15-6-8-17(21)9-7-15/h6-11,14,16H,3-5,12-13H2,1-2H3,(H,23,26). The van der Waals surface area contributed by atoms with E-state index in [1.807, 2.05) is 13.0 Å². The van der Waals surface area contributed by atoms with Gasteiger partial charge in [-0.2, -0.15) is 0 Å². The largest absolute Gasteiger partial charge is 0.356 e. The van der Waals surface area contributed by atoms with Gasteiger partial charge in [0.25, 0.3) is 0 Å². The minimum atomic E-state index is -0.281. The van der Waals surface area contributed by atoms with Crippen molar-refractivity contribution in [2.75, 3.05) is 18.0 Å². The maximum atomic E-state index is 13.1. The lowest BCUT2D eigenvalue weighted by molar-refractivity contribution is -0.125. The summed E-state index contributed by atoms with van der Waals surface area (Å²) in [5.74, 6) is 1.18. The zero-order chi connectivity index (χ0) is 18.5. The van der Waals surface area contributed by atoms with Crippen LogP contribution in [0.15, 0.2) is 36.5 Å². The van der Waals surface area contributed by atoms with E-state index in [1.165, 1.54) is 12.1 Å². The first-order valence-electron chi connectivity index (χ1n) is 9.21. The van der Waals surface area contributed by atoms with Crippen LogP contribution in [-0.2, 0) is 4.79 Å². The van der Waals surface area contributed by atoms with Gasteiger partial charge in [0.1, 0.15) is 11.6 Å². The second kappa shape index (κ2) is 8.25. The van der Waals surface area contributed by atoms with Crippen molar-refractivity contribution in [3.8, 4) is 11.4 Å². The molecular weight excluding hydrogens is 331 g/mol. The van der Waals surface area contributed by atoms with Crippen molar-refractivity contribution in [3.63, 3.8) is 0 Å². The number of nitrogens with zero attached hydrogens (tertiary/aromatic N) is 3. The van der Waals surface area contributed by atoms with Crippen molar-refractivity contribution in [1.82, 2.24) is 15.3 Å². The number of anilines is 1. The zero-order valence-corrected chi connectivity index (χ0v) is 15.3. The summed E-state index contributed by atoms with van der Waals surface area (Å²) in [7, 11) is 0. The van der Waals surface area contributed by atoms with Crippen LogP contribution >= 0.6 is 0 Å². The van der Waals surface area contributed by atoms with Crippen LogP contribution in [0.5, 0.6) is 0 Å². The Bertz CT molecular complexity index is 750. The molecular formula is C20H25FN4O. The van der Waals surface area contributed by atoms with Crippen molar-refractivity contribution in [2.45, 2.75) is 39.2 Å². The highest BCUT2D eigenvalue weighted by Crippen LogP contribution is 2.24. The summed E-state index contributed by atoms with van der Waals surface area (Å²) in [6, 6.07) is 8.22. The van der Waals surface area contributed by atoms with E-state index >= 15 is 0 Å². The maximum absolute atomic E-state index is 13.1. The van der Waals surface area contributed by atoms with Crippen molar-refractivity contribution in [3.05, 3.63) is 42.3 Å². The van der Waals surface area contributed by atoms with E-state index in [0.29, 0.717) is 12.4 Å². The van der Waals surface area contributed by atoms with Crippen molar-refractivity contribution >= 4 is 11.7 Å². The highest BCUT2D eigenvalue weighted by Gasteiger charge is 2.27. The number of piperidine rings is 1. The minimum absolute atomic E-state index is 0.0259. The van der Waals surface area contributed by atoms with Crippen LogP contribution in [-0.4, -0.2) is 35.0 Å². The summed E-state index contributed by atoms with van der Waals surface area (Å²) in [6.45, 7) is 5.61. The fourth-order valence-electron chi connectivity index (χ4n) is 3.13. The normalized spacial score (nSPS) is 18.4. The summed E-state index contributed by atoms with van der Waals surface area (Å²) in [5.41, 5.74) is 0.774. The molecule has 2 atom stereocenters. The number of amides is 1. The predicted molar refractivity (Wildman–Crippen MR) is 100 cm³/mol. The van der Waals surface area contributed by atoms with Crippen LogP contribution < -0.4 is 10.2 Å². The average Bonchev–Trinajstić information content (AvgIpc) is 2.68. The van der Waals surface area contributed by atoms with Gasteiger partial charge in [-0.05, 0) is 56.5 Å². The molecule has 1 aromatic heterocycles. The Morgan fingerprint density at radius 1 is 1.35 bits per heavy atom. The third-order valence-corrected chi connectivity index (χ3v) is 4.86. The summed E-state index contributed by atoms with van der Waals surface area (Å²) in [5, 5.41) is 3.08. The van der Waals surface area contributed by atoms with E-state index in [0.717, 1.165) is 37.2 Å². The summed E-state index contributed by atoms with van der Waals surface area (Å²) in [6.07, 6.45) is 4.49. The Labute approximate surface area is 153 Å². The van der Waals surface area contributed by atoms with Gasteiger partial charge in [-0.3, -0.25) is 4.79 Å². The number of carbonyl (C=O) groups excluding carboxylic acids is 1. The van der Waals surface area contributed by atoms with E-state index in [4.69, 9.17) is 0 Å². The number of rotatable bonds is 5. The Balaban J connectivity index is 1.73. The number of carbonyl (C=O) groups is 1. The molecule has 138 valence electrons. The third-order valence-electron chi connectivity index (χ3n) is 4.86. The molecule has 5 nitrogen and oxygen atoms in total. The molecule has 1 saturated heterocycles. The molecule has 1 aromatic carbocycles. The van der Waals surface area contributed by atoms with Crippen LogP contribution in [0.4, 0.5) is 10.2 Å². The topological polar surface area (TPSA) is 58.1 Å². The molecule has 1 fully saturated rings. The lowest BCUT2D eigenvalue weighted by Gasteiger charge is -2.33. The van der Waals surface area contributed by atoms with E-state index < -0.39 is 0 Å². The van der Waals surface area contributed by atoms with Gasteiger partial charge in [0.05, 0.1) is 5.92 Å². The molecule has 0 aliphatic carbocycles. The molecule has 1 amide bonds. The second-order valence-corrected chi connectivity index (χ2v) is 6.85. The molecule has 26 heavy (non-hydrogen) atoms. The first-order chi connectivity index (χ1) is 12.6. The Kier molecular flexibility index (Phi) is 5.81. The van der Waals surface area contributed by atoms with E-state index in [9.17, 15) is 9.18 Å². The van der Waals surface area contributed by atoms with Crippen LogP contribution in [0.2, 0.25) is 0 Å². The number of halogens is 1. The van der Waals surface area contributed by atoms with Crippen molar-refractivity contribution < 1.29 is 9.18 Å². The van der Waals surface area contributed by atoms with E-state index in [1.54, 1.807) is 18.3 Å². The summed E-state index contributed by atoms with van der Waals surface area (Å²) < 4.78 is 13.1. The molecule has 0 spiro atoms. The molecule has 1 aliphatic rings. The smallest absolute Gasteiger partial charge is 0.225 e. The number of aromatic nitrogens is 2. The van der Waals surface area contributed by atoms with Gasteiger partial charge in [-0.25, -0.2) is 14.4 Å². The van der Waals surface area contributed by atoms with Crippen LogP contribution in [0.25, 0.3) is 11.4 Å². The van der Waals surface area contributed by atoms with Gasteiger partial charge in [0, 0.05) is 30.9 Å². The quantitative estimate of drug-likeness (QED) is 0.892. The molecule has 2 aromatic rings. The monoisotopic (exact) mass is 356 g/mol. The number of hydrogen-bond donors (Lipinski definition) is 1. The minimum Gasteiger partial charge on any atom is -0.356 e. The first kappa shape index (κ1) is 18.3. The Morgan fingerprint density at radius 2 is 2.12 bits per heavy atom. The van der Waals surface area contributed by atoms with Crippen LogP contribution in [0, 0.1) is 11.7 Å². The number of benzene rings is 1. The van der Waals surface area contributed by atoms with Gasteiger partial charge in [-0.1, -0.05) is 6.92 Å². The molecule has 2 unspecified atom stereocenters. The fraction of sp³-hybridized carbons (Fsp3) is 0.450. The van der Waals surface area contributed by atoms with Gasteiger partial charge in [-0.15, -0.1) is 0 Å². The molecule has 6 heteroatoms. The summed E-state index contributed by atoms with van der Waals surface area (Å²) >= 11 is 0. The summed E-state index contributed by atoms with van der Waals surface area (Å²) in [4.78, 5) is 23.5. The molecule has 0 radical (unpaired) electrons. The molecule has 0 bridgehead atoms. The fourth-order valence-corrected chi connectivity index (χ4v) is 3.13. The molecule has 0 saturated carbocycles. The first-order valence-corrected chi connectivity index (χ1v) is 9.21. The third kappa shape index (κ3) is 4.36. The van der Waals surface area contributed by atoms with Crippen LogP contribution in [0.3, 0.4) is 0 Å². The SMILES string of the molecule is CCC(C)NC(=O)C1CCCN(c2ccnc(-c3ccc(F)cc3)n2)C1. The van der Waals surface area contributed by atoms with Gasteiger partial charge in [0.2, 0.25) is 5.91 Å². The lowest BCUT2D eigenvalue weighted by Crippen LogP contribution is -2.45. The van der Waals surface area contributed by atoms with Gasteiger partial charge < -0.3 is 10.2 Å². The second-order valence-electron chi connectivity index (χ2n) is 6.85. The molecule has 1 N–H and O–H groups in total. The highest BCUT2D eigenvalue weighted by molar-refractivity contribution is 5.79. The molecule has 1 aliphatic heterocycles. The number of hydrogen-bond acceptors (Lipinski definition) is 4. The average molecular weight is 356 g/mol. The van der Waals surface area contributed by atoms with Crippen molar-refractivity contribution in [2.24, 2.45) is 5.92 Å². The van der Waals surface area contributed by atoms with Gasteiger partial charge >= 0.3 is 0 Å². The molecule has 3 rings (SSSR count). The maximum Gasteiger partial charge on any atom is 0.225 e. The van der Waals surface area contributed by atoms with Crippen molar-refractivity contribution in [1.29, 1.82) is 0 Å². The lowest BCUT2D eigenvalue weighted by atomic mass is 9.96. The van der Waals surface area contributed by atoms with E-state index in [-0.39, 0.29) is 23.7 Å². The zero-order valence-electron chi connectivity index (χ0n) is 15.3. The predicted octanol–water partition coefficient (Wildman–Crippen LogP) is 3.41. The van der Waals surface area contributed by atoms with E-state index in [2.05, 4.69) is 27.1 Å². The van der Waals surface area contributed by atoms with Crippen LogP contribution in [0.1, 0.15) is 33.1 Å². The highest BCUT2D eigenvalue weighted by atomic mass is 19.1. The number of nitrogens with one attached hydrogen (secondary N) is 1. The Morgan fingerprint density at radius 3 is 2.85 bits per heavy atom. The Hall–Kier alpha value is -2.50.